The third-order valence-electron chi connectivity index (χ3n) is 3.96. The Hall–Kier alpha value is -1.98. The summed E-state index contributed by atoms with van der Waals surface area (Å²) in [6, 6.07) is 11.0. The molecule has 0 aromatic heterocycles. The monoisotopic (exact) mass is 486 g/mol. The number of carbonyl (C=O) groups excluding carboxylic acids is 2. The summed E-state index contributed by atoms with van der Waals surface area (Å²) in [5.74, 6) is -1.43. The van der Waals surface area contributed by atoms with Gasteiger partial charge in [-0.3, -0.25) is 0 Å². The van der Waals surface area contributed by atoms with E-state index in [4.69, 9.17) is 55.9 Å². The minimum Gasteiger partial charge on any atom is -0.424 e. The summed E-state index contributed by atoms with van der Waals surface area (Å²) in [6.45, 7) is 7.49. The number of hydrogen-bond donors (Lipinski definition) is 0. The van der Waals surface area contributed by atoms with E-state index in [0.29, 0.717) is 23.1 Å². The normalized spacial score (nSPS) is 10.7. The van der Waals surface area contributed by atoms with Crippen molar-refractivity contribution in [1.82, 2.24) is 0 Å². The number of rotatable bonds is 9. The van der Waals surface area contributed by atoms with E-state index in [1.807, 2.05) is 30.3 Å². The summed E-state index contributed by atoms with van der Waals surface area (Å²) in [5, 5.41) is 0. The van der Waals surface area contributed by atoms with Gasteiger partial charge in [0.05, 0.1) is 0 Å². The molecule has 2 rings (SSSR count). The Morgan fingerprint density at radius 2 is 1.40 bits per heavy atom. The lowest BCUT2D eigenvalue weighted by molar-refractivity contribution is -0.132. The molecule has 158 valence electrons. The van der Waals surface area contributed by atoms with Crippen LogP contribution >= 0.6 is 46.4 Å². The third-order valence-corrected chi connectivity index (χ3v) is 4.67. The predicted molar refractivity (Wildman–Crippen MR) is 122 cm³/mol. The summed E-state index contributed by atoms with van der Waals surface area (Å²) >= 11 is 22.7. The second kappa shape index (κ2) is 11.4. The number of esters is 2. The lowest BCUT2D eigenvalue weighted by atomic mass is 9.94. The van der Waals surface area contributed by atoms with Gasteiger partial charge in [0.2, 0.25) is 9.67 Å². The molecular weight excluding hydrogens is 470 g/mol. The van der Waals surface area contributed by atoms with E-state index in [1.165, 1.54) is 0 Å². The highest BCUT2D eigenvalue weighted by Crippen LogP contribution is 2.43. The van der Waals surface area contributed by atoms with Gasteiger partial charge in [0, 0.05) is 11.1 Å². The fraction of sp³-hybridized carbons (Fsp3) is 0.182. The van der Waals surface area contributed by atoms with Crippen LogP contribution in [0.1, 0.15) is 11.1 Å². The molecule has 0 heterocycles. The van der Waals surface area contributed by atoms with E-state index >= 15 is 0 Å². The number of ether oxygens (including phenoxy) is 2. The van der Waals surface area contributed by atoms with Crippen molar-refractivity contribution in [2.45, 2.75) is 22.5 Å². The zero-order valence-corrected chi connectivity index (χ0v) is 18.8. The van der Waals surface area contributed by atoms with Gasteiger partial charge in [-0.05, 0) is 30.0 Å². The van der Waals surface area contributed by atoms with E-state index in [1.54, 1.807) is 18.2 Å². The maximum absolute atomic E-state index is 12.2. The van der Waals surface area contributed by atoms with Crippen LogP contribution in [0.2, 0.25) is 0 Å². The SMILES string of the molecule is C=CCc1cc(-c2ccccc2)c(OC(=O)C(Cl)Cl)c(CC=C)c1OC(=O)C(Cl)Cl. The minimum absolute atomic E-state index is 0.147. The first-order valence-corrected chi connectivity index (χ1v) is 10.5. The lowest BCUT2D eigenvalue weighted by Crippen LogP contribution is -2.20. The summed E-state index contributed by atoms with van der Waals surface area (Å²) in [7, 11) is 0. The van der Waals surface area contributed by atoms with Gasteiger partial charge in [-0.25, -0.2) is 9.59 Å². The molecular formula is C22H18Cl4O4. The molecule has 0 N–H and O–H groups in total. The van der Waals surface area contributed by atoms with Gasteiger partial charge < -0.3 is 9.47 Å². The van der Waals surface area contributed by atoms with Gasteiger partial charge in [-0.2, -0.15) is 0 Å². The number of allylic oxidation sites excluding steroid dienone is 2. The molecule has 0 spiro atoms. The quantitative estimate of drug-likeness (QED) is 0.182. The Labute approximate surface area is 195 Å². The molecule has 2 aromatic rings. The van der Waals surface area contributed by atoms with Crippen LogP contribution < -0.4 is 9.47 Å². The Kier molecular flexibility index (Phi) is 9.25. The van der Waals surface area contributed by atoms with E-state index in [9.17, 15) is 9.59 Å². The van der Waals surface area contributed by atoms with E-state index in [0.717, 1.165) is 5.56 Å². The summed E-state index contributed by atoms with van der Waals surface area (Å²) in [4.78, 5) is 21.6. The van der Waals surface area contributed by atoms with Crippen LogP contribution in [0, 0.1) is 0 Å². The summed E-state index contributed by atoms with van der Waals surface area (Å²) in [6.07, 6.45) is 3.80. The van der Waals surface area contributed by atoms with Crippen molar-refractivity contribution in [2.24, 2.45) is 0 Å². The van der Waals surface area contributed by atoms with Crippen LogP contribution in [0.5, 0.6) is 11.5 Å². The van der Waals surface area contributed by atoms with Crippen molar-refractivity contribution in [1.29, 1.82) is 0 Å². The molecule has 0 fully saturated rings. The maximum Gasteiger partial charge on any atom is 0.344 e. The van der Waals surface area contributed by atoms with E-state index < -0.39 is 21.6 Å². The van der Waals surface area contributed by atoms with Crippen LogP contribution in [-0.4, -0.2) is 21.6 Å². The van der Waals surface area contributed by atoms with Crippen molar-refractivity contribution in [2.75, 3.05) is 0 Å². The fourth-order valence-corrected chi connectivity index (χ4v) is 2.95. The van der Waals surface area contributed by atoms with Gasteiger partial charge in [0.1, 0.15) is 11.5 Å². The zero-order chi connectivity index (χ0) is 22.3. The van der Waals surface area contributed by atoms with Gasteiger partial charge in [-0.15, -0.1) is 13.2 Å². The average molecular weight is 488 g/mol. The number of hydrogen-bond acceptors (Lipinski definition) is 4. The molecule has 4 nitrogen and oxygen atoms in total. The van der Waals surface area contributed by atoms with Crippen molar-refractivity contribution in [3.63, 3.8) is 0 Å². The summed E-state index contributed by atoms with van der Waals surface area (Å²) < 4.78 is 11.0. The highest BCUT2D eigenvalue weighted by molar-refractivity contribution is 6.53. The first kappa shape index (κ1) is 24.3. The molecule has 0 saturated heterocycles. The van der Waals surface area contributed by atoms with Gasteiger partial charge in [-0.1, -0.05) is 88.9 Å². The minimum atomic E-state index is -1.40. The van der Waals surface area contributed by atoms with Crippen LogP contribution in [0.15, 0.2) is 61.7 Å². The average Bonchev–Trinajstić information content (AvgIpc) is 2.72. The van der Waals surface area contributed by atoms with Gasteiger partial charge in [0.25, 0.3) is 0 Å². The van der Waals surface area contributed by atoms with E-state index in [2.05, 4.69) is 13.2 Å². The molecule has 0 radical (unpaired) electrons. The molecule has 0 aliphatic heterocycles. The Balaban J connectivity index is 2.83. The van der Waals surface area contributed by atoms with Crippen molar-refractivity contribution >= 4 is 58.3 Å². The zero-order valence-electron chi connectivity index (χ0n) is 15.7. The maximum atomic E-state index is 12.2. The molecule has 0 unspecified atom stereocenters. The topological polar surface area (TPSA) is 52.6 Å². The van der Waals surface area contributed by atoms with Crippen LogP contribution in [0.25, 0.3) is 11.1 Å². The molecule has 0 amide bonds. The Bertz CT molecular complexity index is 940. The van der Waals surface area contributed by atoms with Crippen molar-refractivity contribution in [3.05, 3.63) is 72.8 Å². The largest absolute Gasteiger partial charge is 0.424 e. The molecule has 8 heteroatoms. The van der Waals surface area contributed by atoms with Crippen LogP contribution in [-0.2, 0) is 22.4 Å². The first-order valence-electron chi connectivity index (χ1n) is 8.75. The number of benzene rings is 2. The third kappa shape index (κ3) is 6.02. The lowest BCUT2D eigenvalue weighted by Gasteiger charge is -2.21. The predicted octanol–water partition coefficient (Wildman–Crippen LogP) is 6.23. The smallest absolute Gasteiger partial charge is 0.344 e. The van der Waals surface area contributed by atoms with Crippen molar-refractivity contribution in [3.8, 4) is 22.6 Å². The van der Waals surface area contributed by atoms with E-state index in [-0.39, 0.29) is 17.9 Å². The van der Waals surface area contributed by atoms with Crippen LogP contribution in [0.4, 0.5) is 0 Å². The molecule has 0 atom stereocenters. The number of halogens is 4. The highest BCUT2D eigenvalue weighted by atomic mass is 35.5. The molecule has 2 aromatic carbocycles. The number of alkyl halides is 4. The summed E-state index contributed by atoms with van der Waals surface area (Å²) in [5.41, 5.74) is 2.37. The first-order chi connectivity index (χ1) is 14.3. The standard InChI is InChI=1S/C22H18Cl4O4/c1-3-8-14-12-16(13-10-6-5-7-11-13)18(30-22(28)20(25)26)15(9-4-2)17(14)29-21(27)19(23)24/h3-7,10-12,19-20H,1-2,8-9H2. The molecule has 0 bridgehead atoms. The second-order valence-electron chi connectivity index (χ2n) is 6.02. The molecule has 30 heavy (non-hydrogen) atoms. The van der Waals surface area contributed by atoms with Gasteiger partial charge >= 0.3 is 11.9 Å². The molecule has 0 aliphatic carbocycles. The Morgan fingerprint density at radius 1 is 0.867 bits per heavy atom. The molecule has 0 saturated carbocycles. The number of carbonyl (C=O) groups is 2. The highest BCUT2D eigenvalue weighted by Gasteiger charge is 2.27. The second-order valence-corrected chi connectivity index (χ2v) is 8.21. The fourth-order valence-electron chi connectivity index (χ4n) is 2.77. The Morgan fingerprint density at radius 3 is 1.90 bits per heavy atom. The molecule has 0 aliphatic rings. The van der Waals surface area contributed by atoms with Crippen molar-refractivity contribution < 1.29 is 19.1 Å². The van der Waals surface area contributed by atoms with Gasteiger partial charge in [0.15, 0.2) is 0 Å². The van der Waals surface area contributed by atoms with Crippen LogP contribution in [0.3, 0.4) is 0 Å².